The van der Waals surface area contributed by atoms with E-state index in [0.717, 1.165) is 6.42 Å². The Balaban J connectivity index is 1.91. The second-order valence-electron chi connectivity index (χ2n) is 4.18. The van der Waals surface area contributed by atoms with Gasteiger partial charge in [-0.05, 0) is 47.2 Å². The molecule has 0 spiro atoms. The molecule has 2 rings (SSSR count). The Hall–Kier alpha value is -1.31. The number of nitrogens with one attached hydrogen (secondary N) is 2. The summed E-state index contributed by atoms with van der Waals surface area (Å²) in [6, 6.07) is 4.79. The van der Waals surface area contributed by atoms with Crippen LogP contribution in [-0.4, -0.2) is 29.5 Å². The zero-order valence-electron chi connectivity index (χ0n) is 9.57. The van der Waals surface area contributed by atoms with Gasteiger partial charge in [0.2, 0.25) is 5.91 Å². The molecular formula is C12H13IN2O3. The third-order valence-electron chi connectivity index (χ3n) is 2.80. The molecule has 1 aliphatic rings. The third kappa shape index (κ3) is 3.12. The summed E-state index contributed by atoms with van der Waals surface area (Å²) < 4.78 is 0.701. The lowest BCUT2D eigenvalue weighted by Crippen LogP contribution is -2.38. The van der Waals surface area contributed by atoms with Crippen LogP contribution in [0.25, 0.3) is 0 Å². The molecule has 1 aromatic rings. The van der Waals surface area contributed by atoms with Crippen LogP contribution in [0.4, 0.5) is 0 Å². The number of amides is 2. The molecule has 0 radical (unpaired) electrons. The molecule has 0 saturated carbocycles. The highest BCUT2D eigenvalue weighted by Gasteiger charge is 2.21. The fourth-order valence-corrected chi connectivity index (χ4v) is 2.14. The average molecular weight is 360 g/mol. The molecule has 1 unspecified atom stereocenters. The smallest absolute Gasteiger partial charge is 0.251 e. The van der Waals surface area contributed by atoms with E-state index in [1.807, 2.05) is 22.6 Å². The van der Waals surface area contributed by atoms with E-state index >= 15 is 0 Å². The molecule has 18 heavy (non-hydrogen) atoms. The molecule has 2 amide bonds. The van der Waals surface area contributed by atoms with Crippen molar-refractivity contribution >= 4 is 34.4 Å². The second-order valence-corrected chi connectivity index (χ2v) is 5.34. The van der Waals surface area contributed by atoms with Crippen molar-refractivity contribution in [2.75, 3.05) is 6.54 Å². The van der Waals surface area contributed by atoms with E-state index in [-0.39, 0.29) is 23.6 Å². The Morgan fingerprint density at radius 2 is 2.33 bits per heavy atom. The topological polar surface area (TPSA) is 78.4 Å². The maximum atomic E-state index is 11.8. The predicted octanol–water partition coefficient (Wildman–Crippen LogP) is 1.01. The summed E-state index contributed by atoms with van der Waals surface area (Å²) in [6.45, 7) is 0.414. The van der Waals surface area contributed by atoms with Gasteiger partial charge in [-0.2, -0.15) is 0 Å². The molecule has 5 nitrogen and oxygen atoms in total. The van der Waals surface area contributed by atoms with Crippen molar-refractivity contribution in [1.82, 2.24) is 10.6 Å². The number of phenols is 1. The molecule has 6 heteroatoms. The SMILES string of the molecule is O=C1CCC(CNC(=O)c2ccc(I)c(O)c2)N1. The molecule has 0 aliphatic carbocycles. The molecule has 3 N–H and O–H groups in total. The quantitative estimate of drug-likeness (QED) is 0.704. The predicted molar refractivity (Wildman–Crippen MR) is 74.3 cm³/mol. The standard InChI is InChI=1S/C12H13IN2O3/c13-9-3-1-7(5-10(9)16)12(18)14-6-8-2-4-11(17)15-8/h1,3,5,8,16H,2,4,6H2,(H,14,18)(H,15,17). The normalized spacial score (nSPS) is 18.5. The van der Waals surface area contributed by atoms with E-state index in [2.05, 4.69) is 10.6 Å². The van der Waals surface area contributed by atoms with Crippen molar-refractivity contribution in [2.24, 2.45) is 0 Å². The fraction of sp³-hybridized carbons (Fsp3) is 0.333. The number of carbonyl (C=O) groups excluding carboxylic acids is 2. The average Bonchev–Trinajstić information content (AvgIpc) is 2.75. The summed E-state index contributed by atoms with van der Waals surface area (Å²) in [4.78, 5) is 22.8. The van der Waals surface area contributed by atoms with Gasteiger partial charge >= 0.3 is 0 Å². The number of halogens is 1. The van der Waals surface area contributed by atoms with Crippen LogP contribution in [0.5, 0.6) is 5.75 Å². The zero-order chi connectivity index (χ0) is 13.1. The van der Waals surface area contributed by atoms with Gasteiger partial charge in [0.15, 0.2) is 0 Å². The highest BCUT2D eigenvalue weighted by molar-refractivity contribution is 14.1. The van der Waals surface area contributed by atoms with Crippen LogP contribution in [0.1, 0.15) is 23.2 Å². The van der Waals surface area contributed by atoms with E-state index in [1.165, 1.54) is 6.07 Å². The molecule has 1 heterocycles. The first-order chi connectivity index (χ1) is 8.56. The summed E-state index contributed by atoms with van der Waals surface area (Å²) in [5.41, 5.74) is 0.414. The second kappa shape index (κ2) is 5.55. The Morgan fingerprint density at radius 1 is 1.56 bits per heavy atom. The first-order valence-corrected chi connectivity index (χ1v) is 6.70. The minimum absolute atomic E-state index is 0.0129. The van der Waals surface area contributed by atoms with Gasteiger partial charge in [0.05, 0.1) is 3.57 Å². The van der Waals surface area contributed by atoms with E-state index in [9.17, 15) is 14.7 Å². The van der Waals surface area contributed by atoms with Crippen molar-refractivity contribution in [1.29, 1.82) is 0 Å². The fourth-order valence-electron chi connectivity index (χ4n) is 1.80. The van der Waals surface area contributed by atoms with Gasteiger partial charge in [-0.1, -0.05) is 0 Å². The van der Waals surface area contributed by atoms with Gasteiger partial charge in [-0.3, -0.25) is 9.59 Å². The number of carbonyl (C=O) groups is 2. The summed E-state index contributed by atoms with van der Waals surface area (Å²) >= 11 is 1.99. The summed E-state index contributed by atoms with van der Waals surface area (Å²) in [6.07, 6.45) is 1.27. The van der Waals surface area contributed by atoms with Crippen molar-refractivity contribution in [3.8, 4) is 5.75 Å². The monoisotopic (exact) mass is 360 g/mol. The lowest BCUT2D eigenvalue weighted by atomic mass is 10.2. The van der Waals surface area contributed by atoms with Crippen molar-refractivity contribution in [2.45, 2.75) is 18.9 Å². The van der Waals surface area contributed by atoms with Crippen molar-refractivity contribution in [3.05, 3.63) is 27.3 Å². The van der Waals surface area contributed by atoms with Crippen LogP contribution in [0.3, 0.4) is 0 Å². The largest absolute Gasteiger partial charge is 0.507 e. The number of rotatable bonds is 3. The Morgan fingerprint density at radius 3 is 2.94 bits per heavy atom. The van der Waals surface area contributed by atoms with Crippen LogP contribution in [-0.2, 0) is 4.79 Å². The van der Waals surface area contributed by atoms with E-state index in [1.54, 1.807) is 12.1 Å². The first-order valence-electron chi connectivity index (χ1n) is 5.62. The lowest BCUT2D eigenvalue weighted by Gasteiger charge is -2.11. The van der Waals surface area contributed by atoms with Crippen LogP contribution in [0.15, 0.2) is 18.2 Å². The van der Waals surface area contributed by atoms with Crippen LogP contribution in [0.2, 0.25) is 0 Å². The first kappa shape index (κ1) is 13.1. The van der Waals surface area contributed by atoms with Gasteiger partial charge in [0, 0.05) is 24.6 Å². The van der Waals surface area contributed by atoms with Crippen LogP contribution in [0, 0.1) is 3.57 Å². The van der Waals surface area contributed by atoms with Crippen LogP contribution >= 0.6 is 22.6 Å². The molecule has 1 aliphatic heterocycles. The number of aromatic hydroxyl groups is 1. The molecule has 96 valence electrons. The van der Waals surface area contributed by atoms with Crippen molar-refractivity contribution < 1.29 is 14.7 Å². The van der Waals surface area contributed by atoms with Gasteiger partial charge in [0.25, 0.3) is 5.91 Å². The number of hydrogen-bond acceptors (Lipinski definition) is 3. The summed E-state index contributed by atoms with van der Waals surface area (Å²) in [5, 5.41) is 15.0. The molecule has 0 aromatic heterocycles. The lowest BCUT2D eigenvalue weighted by molar-refractivity contribution is -0.119. The number of phenolic OH excluding ortho intramolecular Hbond substituents is 1. The Bertz CT molecular complexity index is 490. The highest BCUT2D eigenvalue weighted by Crippen LogP contribution is 2.20. The Labute approximate surface area is 118 Å². The van der Waals surface area contributed by atoms with Gasteiger partial charge in [0.1, 0.15) is 5.75 Å². The van der Waals surface area contributed by atoms with Gasteiger partial charge in [-0.15, -0.1) is 0 Å². The highest BCUT2D eigenvalue weighted by atomic mass is 127. The van der Waals surface area contributed by atoms with E-state index < -0.39 is 0 Å². The zero-order valence-corrected chi connectivity index (χ0v) is 11.7. The van der Waals surface area contributed by atoms with Crippen LogP contribution < -0.4 is 10.6 Å². The molecule has 1 saturated heterocycles. The Kier molecular flexibility index (Phi) is 4.05. The summed E-state index contributed by atoms with van der Waals surface area (Å²) in [7, 11) is 0. The third-order valence-corrected chi connectivity index (χ3v) is 3.71. The maximum Gasteiger partial charge on any atom is 0.251 e. The van der Waals surface area contributed by atoms with Gasteiger partial charge in [-0.25, -0.2) is 0 Å². The van der Waals surface area contributed by atoms with E-state index in [4.69, 9.17) is 0 Å². The molecule has 1 atom stereocenters. The van der Waals surface area contributed by atoms with E-state index in [0.29, 0.717) is 22.1 Å². The minimum Gasteiger partial charge on any atom is -0.507 e. The number of benzene rings is 1. The summed E-state index contributed by atoms with van der Waals surface area (Å²) in [5.74, 6) is -0.124. The molecular weight excluding hydrogens is 347 g/mol. The molecule has 1 fully saturated rings. The van der Waals surface area contributed by atoms with Crippen molar-refractivity contribution in [3.63, 3.8) is 0 Å². The maximum absolute atomic E-state index is 11.8. The van der Waals surface area contributed by atoms with Gasteiger partial charge < -0.3 is 15.7 Å². The number of hydrogen-bond donors (Lipinski definition) is 3. The molecule has 1 aromatic carbocycles. The minimum atomic E-state index is -0.247. The molecule has 0 bridgehead atoms.